The summed E-state index contributed by atoms with van der Waals surface area (Å²) in [5.74, 6) is 0. The lowest BCUT2D eigenvalue weighted by Gasteiger charge is -2.28. The van der Waals surface area contributed by atoms with E-state index in [-0.39, 0.29) is 10.8 Å². The normalized spacial score (nSPS) is 12.6. The van der Waals surface area contributed by atoms with Crippen molar-refractivity contribution in [3.05, 3.63) is 435 Å². The van der Waals surface area contributed by atoms with E-state index in [1.165, 1.54) is 99.4 Å². The summed E-state index contributed by atoms with van der Waals surface area (Å²) in [6, 6.07) is 149. The molecule has 108 heavy (non-hydrogen) atoms. The van der Waals surface area contributed by atoms with Crippen molar-refractivity contribution in [3.8, 4) is 55.6 Å². The van der Waals surface area contributed by atoms with Gasteiger partial charge in [0.1, 0.15) is 0 Å². The molecule has 516 valence electrons. The molecular formula is C104H80N4. The monoisotopic (exact) mass is 1380 g/mol. The van der Waals surface area contributed by atoms with Gasteiger partial charge in [-0.25, -0.2) is 0 Å². The van der Waals surface area contributed by atoms with E-state index >= 15 is 0 Å². The molecule has 0 heterocycles. The van der Waals surface area contributed by atoms with Crippen LogP contribution in [0, 0.1) is 0 Å². The van der Waals surface area contributed by atoms with Crippen molar-refractivity contribution in [2.75, 3.05) is 19.6 Å². The Morgan fingerprint density at radius 3 is 0.750 bits per heavy atom. The second kappa shape index (κ2) is 28.2. The van der Waals surface area contributed by atoms with Crippen molar-refractivity contribution < 1.29 is 0 Å². The summed E-state index contributed by atoms with van der Waals surface area (Å²) in [6.07, 6.45) is 0. The number of anilines is 12. The fourth-order valence-corrected chi connectivity index (χ4v) is 16.8. The van der Waals surface area contributed by atoms with Gasteiger partial charge in [0.05, 0.1) is 11.4 Å². The van der Waals surface area contributed by atoms with Gasteiger partial charge in [0.25, 0.3) is 0 Å². The lowest BCUT2D eigenvalue weighted by molar-refractivity contribution is 0.660. The second-order valence-corrected chi connectivity index (χ2v) is 29.2. The number of hydrogen-bond donors (Lipinski definition) is 0. The molecule has 0 fully saturated rings. The molecule has 0 saturated carbocycles. The van der Waals surface area contributed by atoms with Crippen molar-refractivity contribution in [1.82, 2.24) is 0 Å². The quantitative estimate of drug-likeness (QED) is 0.101. The SMILES string of the molecule is CC1(C)c2ccccc2-c2ccc(N(c3ccc(-c4ccccc4)cc3)c3ccc(-c4ccc(N(c5ccccc5)c5ccccc5)c5ccccc45)cc3)cc21.CC1(C)c2ccccc2-c2ccc(N(c3ccccc3)c3ccc(-c4ccc(N(c5ccccc5)c5ccccc5)c5ccccc45)cc3)cc21. The standard InChI is InChI=1S/C55H42N2.C49H38N2/c1-55(2)52-25-15-14-23-49(52)50-35-34-46(38-53(50)55)56(44-30-26-40(27-31-44)39-16-6-3-7-17-39)45-32-28-41(29-33-45)47-36-37-54(51-24-13-12-22-48(47)51)57(42-18-8-4-9-19-42)43-20-10-5-11-21-43;1-49(2)46-25-15-14-23-43(46)44-31-30-40(34-47(44)49)50(36-16-6-3-7-17-36)39-28-26-35(27-29-39)41-32-33-48(45-24-13-12-22-42(41)45)51(37-18-8-4-9-19-37)38-20-10-5-11-21-38/h3-38H,1-2H3;3-34H,1-2H3. The van der Waals surface area contributed by atoms with Crippen molar-refractivity contribution in [2.24, 2.45) is 0 Å². The van der Waals surface area contributed by atoms with Gasteiger partial charge in [-0.05, 0) is 222 Å². The lowest BCUT2D eigenvalue weighted by atomic mass is 9.82. The number of hydrogen-bond acceptors (Lipinski definition) is 4. The molecule has 0 aromatic heterocycles. The fraction of sp³-hybridized carbons (Fsp3) is 0.0577. The molecule has 19 rings (SSSR count). The van der Waals surface area contributed by atoms with E-state index in [9.17, 15) is 0 Å². The van der Waals surface area contributed by atoms with Crippen LogP contribution in [0.4, 0.5) is 68.2 Å². The predicted octanol–water partition coefficient (Wildman–Crippen LogP) is 29.2. The van der Waals surface area contributed by atoms with Crippen LogP contribution in [0.5, 0.6) is 0 Å². The molecule has 17 aromatic carbocycles. The Balaban J connectivity index is 0.000000153. The first-order chi connectivity index (χ1) is 53.1. The summed E-state index contributed by atoms with van der Waals surface area (Å²) < 4.78 is 0. The van der Waals surface area contributed by atoms with Crippen LogP contribution in [-0.4, -0.2) is 0 Å². The van der Waals surface area contributed by atoms with E-state index in [0.29, 0.717) is 0 Å². The summed E-state index contributed by atoms with van der Waals surface area (Å²) in [5.41, 5.74) is 31.5. The minimum atomic E-state index is -0.0988. The molecule has 0 radical (unpaired) electrons. The van der Waals surface area contributed by atoms with Gasteiger partial charge in [-0.15, -0.1) is 0 Å². The van der Waals surface area contributed by atoms with Gasteiger partial charge in [-0.1, -0.05) is 307 Å². The van der Waals surface area contributed by atoms with Crippen LogP contribution in [-0.2, 0) is 10.8 Å². The molecule has 0 spiro atoms. The van der Waals surface area contributed by atoms with Gasteiger partial charge in [-0.3, -0.25) is 0 Å². The molecule has 0 saturated heterocycles. The average molecular weight is 1390 g/mol. The van der Waals surface area contributed by atoms with Gasteiger partial charge >= 0.3 is 0 Å². The van der Waals surface area contributed by atoms with E-state index < -0.39 is 0 Å². The van der Waals surface area contributed by atoms with Crippen molar-refractivity contribution in [1.29, 1.82) is 0 Å². The number of nitrogens with zero attached hydrogens (tertiary/aromatic N) is 4. The highest BCUT2D eigenvalue weighted by Gasteiger charge is 2.37. The third-order valence-corrected chi connectivity index (χ3v) is 22.1. The van der Waals surface area contributed by atoms with E-state index in [4.69, 9.17) is 0 Å². The molecule has 0 N–H and O–H groups in total. The molecule has 17 aromatic rings. The fourth-order valence-electron chi connectivity index (χ4n) is 16.8. The van der Waals surface area contributed by atoms with Gasteiger partial charge in [0.2, 0.25) is 0 Å². The first-order valence-electron chi connectivity index (χ1n) is 37.5. The topological polar surface area (TPSA) is 13.0 Å². The van der Waals surface area contributed by atoms with E-state index in [0.717, 1.165) is 68.2 Å². The smallest absolute Gasteiger partial charge is 0.0540 e. The molecule has 0 bridgehead atoms. The zero-order valence-corrected chi connectivity index (χ0v) is 61.0. The van der Waals surface area contributed by atoms with Crippen LogP contribution >= 0.6 is 0 Å². The van der Waals surface area contributed by atoms with Crippen LogP contribution in [0.1, 0.15) is 49.9 Å². The molecule has 4 nitrogen and oxygen atoms in total. The third kappa shape index (κ3) is 12.1. The Hall–Kier alpha value is -13.5. The van der Waals surface area contributed by atoms with Gasteiger partial charge in [0.15, 0.2) is 0 Å². The molecule has 4 heteroatoms. The molecule has 0 unspecified atom stereocenters. The number of para-hydroxylation sites is 5. The molecule has 2 aliphatic rings. The van der Waals surface area contributed by atoms with Crippen LogP contribution in [0.3, 0.4) is 0 Å². The molecule has 0 aliphatic heterocycles. The minimum absolute atomic E-state index is 0.0715. The van der Waals surface area contributed by atoms with E-state index in [2.05, 4.69) is 460 Å². The number of benzene rings is 17. The van der Waals surface area contributed by atoms with Crippen LogP contribution in [0.25, 0.3) is 77.2 Å². The summed E-state index contributed by atoms with van der Waals surface area (Å²) >= 11 is 0. The largest absolute Gasteiger partial charge is 0.310 e. The van der Waals surface area contributed by atoms with E-state index in [1.807, 2.05) is 0 Å². The maximum Gasteiger partial charge on any atom is 0.0540 e. The maximum absolute atomic E-state index is 2.41. The van der Waals surface area contributed by atoms with Crippen LogP contribution in [0.15, 0.2) is 413 Å². The Morgan fingerprint density at radius 1 is 0.157 bits per heavy atom. The minimum Gasteiger partial charge on any atom is -0.310 e. The zero-order valence-electron chi connectivity index (χ0n) is 61.0. The van der Waals surface area contributed by atoms with Crippen molar-refractivity contribution in [2.45, 2.75) is 38.5 Å². The zero-order chi connectivity index (χ0) is 72.7. The first-order valence-corrected chi connectivity index (χ1v) is 37.5. The summed E-state index contributed by atoms with van der Waals surface area (Å²) in [4.78, 5) is 9.48. The highest BCUT2D eigenvalue weighted by molar-refractivity contribution is 6.08. The van der Waals surface area contributed by atoms with Crippen molar-refractivity contribution >= 4 is 89.8 Å². The van der Waals surface area contributed by atoms with Gasteiger partial charge < -0.3 is 19.6 Å². The highest BCUT2D eigenvalue weighted by Crippen LogP contribution is 2.54. The van der Waals surface area contributed by atoms with Gasteiger partial charge in [-0.2, -0.15) is 0 Å². The van der Waals surface area contributed by atoms with Gasteiger partial charge in [0, 0.05) is 78.5 Å². The summed E-state index contributed by atoms with van der Waals surface area (Å²) in [5, 5.41) is 4.85. The molecule has 0 amide bonds. The third-order valence-electron chi connectivity index (χ3n) is 22.1. The van der Waals surface area contributed by atoms with E-state index in [1.54, 1.807) is 0 Å². The van der Waals surface area contributed by atoms with Crippen molar-refractivity contribution in [3.63, 3.8) is 0 Å². The Kier molecular flexibility index (Phi) is 17.3. The maximum atomic E-state index is 2.41. The number of fused-ring (bicyclic) bond motifs is 8. The van der Waals surface area contributed by atoms with Crippen LogP contribution < -0.4 is 19.6 Å². The second-order valence-electron chi connectivity index (χ2n) is 29.2. The number of rotatable bonds is 15. The molecule has 0 atom stereocenters. The molecular weight excluding hydrogens is 1310 g/mol. The highest BCUT2D eigenvalue weighted by atomic mass is 15.2. The summed E-state index contributed by atoms with van der Waals surface area (Å²) in [7, 11) is 0. The Bertz CT molecular complexity index is 6000. The molecule has 2 aliphatic carbocycles. The Labute approximate surface area is 634 Å². The Morgan fingerprint density at radius 2 is 0.398 bits per heavy atom. The first kappa shape index (κ1) is 66.4. The van der Waals surface area contributed by atoms with Crippen LogP contribution in [0.2, 0.25) is 0 Å². The average Bonchev–Trinajstić information content (AvgIpc) is 1.54. The predicted molar refractivity (Wildman–Crippen MR) is 458 cm³/mol. The summed E-state index contributed by atoms with van der Waals surface area (Å²) in [6.45, 7) is 9.39. The lowest BCUT2D eigenvalue weighted by Crippen LogP contribution is -2.16.